The highest BCUT2D eigenvalue weighted by Crippen LogP contribution is 2.25. The van der Waals surface area contributed by atoms with Crippen LogP contribution in [0.15, 0.2) is 41.3 Å². The zero-order chi connectivity index (χ0) is 14.9. The van der Waals surface area contributed by atoms with Gasteiger partial charge in [-0.1, -0.05) is 11.6 Å². The summed E-state index contributed by atoms with van der Waals surface area (Å²) in [6.45, 7) is 0. The predicted octanol–water partition coefficient (Wildman–Crippen LogP) is 3.53. The molecule has 20 heavy (non-hydrogen) atoms. The van der Waals surface area contributed by atoms with Crippen LogP contribution in [0.1, 0.15) is 0 Å². The van der Waals surface area contributed by atoms with Crippen LogP contribution in [0.3, 0.4) is 0 Å². The van der Waals surface area contributed by atoms with Crippen LogP contribution in [-0.2, 0) is 10.1 Å². The van der Waals surface area contributed by atoms with Crippen LogP contribution < -0.4 is 4.18 Å². The lowest BCUT2D eigenvalue weighted by molar-refractivity contribution is 0.451. The second-order valence-electron chi connectivity index (χ2n) is 3.69. The normalized spacial score (nSPS) is 11.4. The topological polar surface area (TPSA) is 43.4 Å². The average Bonchev–Trinajstić information content (AvgIpc) is 2.32. The van der Waals surface area contributed by atoms with Gasteiger partial charge in [-0.3, -0.25) is 0 Å². The summed E-state index contributed by atoms with van der Waals surface area (Å²) in [6, 6.07) is 4.85. The van der Waals surface area contributed by atoms with Gasteiger partial charge in [0.25, 0.3) is 0 Å². The van der Waals surface area contributed by atoms with E-state index in [1.54, 1.807) is 0 Å². The van der Waals surface area contributed by atoms with E-state index < -0.39 is 38.2 Å². The third-order valence-corrected chi connectivity index (χ3v) is 3.76. The first-order valence-electron chi connectivity index (χ1n) is 5.14. The highest BCUT2D eigenvalue weighted by molar-refractivity contribution is 7.87. The Morgan fingerprint density at radius 2 is 1.65 bits per heavy atom. The zero-order valence-corrected chi connectivity index (χ0v) is 11.2. The second kappa shape index (κ2) is 5.34. The predicted molar refractivity (Wildman–Crippen MR) is 65.6 cm³/mol. The van der Waals surface area contributed by atoms with Crippen molar-refractivity contribution in [3.05, 3.63) is 58.9 Å². The maximum atomic E-state index is 13.5. The zero-order valence-electron chi connectivity index (χ0n) is 9.61. The molecule has 0 aliphatic rings. The molecule has 0 aromatic heterocycles. The third-order valence-electron chi connectivity index (χ3n) is 2.26. The molecule has 0 saturated carbocycles. The molecule has 0 radical (unpaired) electrons. The Bertz CT molecular complexity index is 763. The van der Waals surface area contributed by atoms with E-state index in [1.807, 2.05) is 0 Å². The molecule has 0 heterocycles. The van der Waals surface area contributed by atoms with E-state index in [0.29, 0.717) is 6.07 Å². The van der Waals surface area contributed by atoms with Crippen LogP contribution in [0, 0.1) is 17.5 Å². The standard InChI is InChI=1S/C12H6ClF3O3S/c13-7-1-4-12(10(16)5-7)20(17,18)19-11-3-2-8(14)6-9(11)15/h1-6H. The first-order valence-corrected chi connectivity index (χ1v) is 6.93. The molecule has 0 saturated heterocycles. The van der Waals surface area contributed by atoms with E-state index in [4.69, 9.17) is 11.6 Å². The Morgan fingerprint density at radius 3 is 2.25 bits per heavy atom. The third kappa shape index (κ3) is 3.05. The maximum absolute atomic E-state index is 13.5. The van der Waals surface area contributed by atoms with Crippen LogP contribution in [-0.4, -0.2) is 8.42 Å². The highest BCUT2D eigenvalue weighted by Gasteiger charge is 2.23. The number of benzene rings is 2. The van der Waals surface area contributed by atoms with E-state index >= 15 is 0 Å². The molecule has 2 aromatic rings. The minimum absolute atomic E-state index is 0.00517. The molecule has 0 aliphatic carbocycles. The summed E-state index contributed by atoms with van der Waals surface area (Å²) in [7, 11) is -4.59. The van der Waals surface area contributed by atoms with Crippen molar-refractivity contribution >= 4 is 21.7 Å². The van der Waals surface area contributed by atoms with Gasteiger partial charge in [0.15, 0.2) is 11.6 Å². The van der Waals surface area contributed by atoms with Gasteiger partial charge in [-0.2, -0.15) is 8.42 Å². The molecule has 0 aliphatic heterocycles. The Kier molecular flexibility index (Phi) is 3.92. The van der Waals surface area contributed by atoms with Crippen LogP contribution >= 0.6 is 11.6 Å². The molecule has 2 rings (SSSR count). The van der Waals surface area contributed by atoms with Crippen LogP contribution in [0.4, 0.5) is 13.2 Å². The molecule has 8 heteroatoms. The lowest BCUT2D eigenvalue weighted by Crippen LogP contribution is -2.12. The van der Waals surface area contributed by atoms with Crippen molar-refractivity contribution in [3.63, 3.8) is 0 Å². The van der Waals surface area contributed by atoms with Gasteiger partial charge in [-0.05, 0) is 30.3 Å². The van der Waals surface area contributed by atoms with Crippen molar-refractivity contribution in [3.8, 4) is 5.75 Å². The summed E-state index contributed by atoms with van der Waals surface area (Å²) in [5.74, 6) is -3.99. The molecule has 0 amide bonds. The molecule has 0 atom stereocenters. The minimum Gasteiger partial charge on any atom is -0.376 e. The summed E-state index contributed by atoms with van der Waals surface area (Å²) in [5, 5.41) is -0.00517. The summed E-state index contributed by atoms with van der Waals surface area (Å²) in [5.41, 5.74) is 0. The van der Waals surface area contributed by atoms with Crippen molar-refractivity contribution in [2.24, 2.45) is 0 Å². The maximum Gasteiger partial charge on any atom is 0.342 e. The fraction of sp³-hybridized carbons (Fsp3) is 0. The van der Waals surface area contributed by atoms with E-state index in [9.17, 15) is 21.6 Å². The molecule has 0 unspecified atom stereocenters. The summed E-state index contributed by atoms with van der Waals surface area (Å²) < 4.78 is 67.6. The highest BCUT2D eigenvalue weighted by atomic mass is 35.5. The molecule has 3 nitrogen and oxygen atoms in total. The van der Waals surface area contributed by atoms with Gasteiger partial charge >= 0.3 is 10.1 Å². The van der Waals surface area contributed by atoms with Crippen molar-refractivity contribution < 1.29 is 25.8 Å². The van der Waals surface area contributed by atoms with E-state index in [-0.39, 0.29) is 5.02 Å². The lowest BCUT2D eigenvalue weighted by atomic mass is 10.3. The van der Waals surface area contributed by atoms with E-state index in [1.165, 1.54) is 0 Å². The van der Waals surface area contributed by atoms with Gasteiger partial charge in [0.05, 0.1) is 0 Å². The molecule has 106 valence electrons. The van der Waals surface area contributed by atoms with Crippen molar-refractivity contribution in [1.82, 2.24) is 0 Å². The van der Waals surface area contributed by atoms with Gasteiger partial charge < -0.3 is 4.18 Å². The number of rotatable bonds is 3. The molecule has 2 aromatic carbocycles. The number of hydrogen-bond acceptors (Lipinski definition) is 3. The van der Waals surface area contributed by atoms with Crippen LogP contribution in [0.25, 0.3) is 0 Å². The molecule has 0 spiro atoms. The molecule has 0 fully saturated rings. The van der Waals surface area contributed by atoms with E-state index in [2.05, 4.69) is 4.18 Å². The van der Waals surface area contributed by atoms with Crippen molar-refractivity contribution in [2.45, 2.75) is 4.90 Å². The Morgan fingerprint density at radius 1 is 0.950 bits per heavy atom. The fourth-order valence-electron chi connectivity index (χ4n) is 1.38. The number of hydrogen-bond donors (Lipinski definition) is 0. The second-order valence-corrected chi connectivity index (χ2v) is 5.64. The fourth-order valence-corrected chi connectivity index (χ4v) is 2.54. The van der Waals surface area contributed by atoms with Gasteiger partial charge in [-0.15, -0.1) is 0 Å². The molecular weight excluding hydrogens is 317 g/mol. The quantitative estimate of drug-likeness (QED) is 0.812. The molecular formula is C12H6ClF3O3S. The SMILES string of the molecule is O=S(=O)(Oc1ccc(F)cc1F)c1ccc(Cl)cc1F. The Labute approximate surface area is 117 Å². The van der Waals surface area contributed by atoms with Crippen molar-refractivity contribution in [2.75, 3.05) is 0 Å². The first-order chi connectivity index (χ1) is 9.29. The Hall–Kier alpha value is -1.73. The van der Waals surface area contributed by atoms with Gasteiger partial charge in [0, 0.05) is 11.1 Å². The van der Waals surface area contributed by atoms with Gasteiger partial charge in [-0.25, -0.2) is 13.2 Å². The minimum atomic E-state index is -4.59. The average molecular weight is 323 g/mol. The lowest BCUT2D eigenvalue weighted by Gasteiger charge is -2.08. The molecule has 0 N–H and O–H groups in total. The summed E-state index contributed by atoms with van der Waals surface area (Å²) in [6.07, 6.45) is 0. The van der Waals surface area contributed by atoms with Crippen molar-refractivity contribution in [1.29, 1.82) is 0 Å². The van der Waals surface area contributed by atoms with E-state index in [0.717, 1.165) is 30.3 Å². The van der Waals surface area contributed by atoms with Gasteiger partial charge in [0.2, 0.25) is 0 Å². The summed E-state index contributed by atoms with van der Waals surface area (Å²) in [4.78, 5) is -0.800. The smallest absolute Gasteiger partial charge is 0.342 e. The Balaban J connectivity index is 2.41. The van der Waals surface area contributed by atoms with Crippen LogP contribution in [0.2, 0.25) is 5.02 Å². The molecule has 0 bridgehead atoms. The van der Waals surface area contributed by atoms with Gasteiger partial charge in [0.1, 0.15) is 16.5 Å². The number of halogens is 4. The van der Waals surface area contributed by atoms with Crippen LogP contribution in [0.5, 0.6) is 5.75 Å². The monoisotopic (exact) mass is 322 g/mol. The summed E-state index contributed by atoms with van der Waals surface area (Å²) >= 11 is 5.49. The first kappa shape index (κ1) is 14.7. The largest absolute Gasteiger partial charge is 0.376 e.